The smallest absolute Gasteiger partial charge is 0.345 e. The van der Waals surface area contributed by atoms with E-state index in [-0.39, 0.29) is 11.0 Å². The van der Waals surface area contributed by atoms with Gasteiger partial charge in [0, 0.05) is 19.1 Å². The molecule has 0 unspecified atom stereocenters. The Balaban J connectivity index is 1.84. The maximum atomic E-state index is 10.5. The summed E-state index contributed by atoms with van der Waals surface area (Å²) >= 11 is 1.06. The van der Waals surface area contributed by atoms with Gasteiger partial charge in [0.1, 0.15) is 6.20 Å². The highest BCUT2D eigenvalue weighted by Gasteiger charge is 2.20. The van der Waals surface area contributed by atoms with Crippen LogP contribution in [0.5, 0.6) is 0 Å². The number of piperidine rings is 1. The van der Waals surface area contributed by atoms with E-state index in [9.17, 15) is 10.1 Å². The van der Waals surface area contributed by atoms with Crippen LogP contribution in [0, 0.1) is 21.4 Å². The molecule has 1 aromatic rings. The summed E-state index contributed by atoms with van der Waals surface area (Å²) in [5.74, 6) is 0. The van der Waals surface area contributed by atoms with Crippen LogP contribution in [0.4, 0.5) is 10.1 Å². The first-order valence-electron chi connectivity index (χ1n) is 5.65. The molecule has 0 amide bonds. The first kappa shape index (κ1) is 12.7. The van der Waals surface area contributed by atoms with Crippen molar-refractivity contribution in [2.24, 2.45) is 0 Å². The number of thiazole rings is 1. The van der Waals surface area contributed by atoms with Gasteiger partial charge in [-0.05, 0) is 24.2 Å². The lowest BCUT2D eigenvalue weighted by Gasteiger charge is -2.30. The first-order valence-corrected chi connectivity index (χ1v) is 6.46. The Labute approximate surface area is 108 Å². The molecule has 8 heteroatoms. The molecule has 1 aliphatic heterocycles. The Morgan fingerprint density at radius 3 is 2.94 bits per heavy atom. The second-order valence-electron chi connectivity index (χ2n) is 4.11. The average Bonchev–Trinajstić information content (AvgIpc) is 2.81. The summed E-state index contributed by atoms with van der Waals surface area (Å²) in [6.07, 6.45) is 3.13. The monoisotopic (exact) mass is 267 g/mol. The van der Waals surface area contributed by atoms with Gasteiger partial charge in [0.25, 0.3) is 0 Å². The number of anilines is 1. The molecule has 1 N–H and O–H groups in total. The van der Waals surface area contributed by atoms with E-state index in [0.717, 1.165) is 37.3 Å². The van der Waals surface area contributed by atoms with Gasteiger partial charge >= 0.3 is 5.00 Å². The van der Waals surface area contributed by atoms with Gasteiger partial charge in [0.15, 0.2) is 5.13 Å². The Morgan fingerprint density at radius 1 is 1.67 bits per heavy atom. The Hall–Kier alpha value is -1.72. The van der Waals surface area contributed by atoms with Crippen LogP contribution >= 0.6 is 11.3 Å². The summed E-state index contributed by atoms with van der Waals surface area (Å²) in [5, 5.41) is 23.0. The Kier molecular flexibility index (Phi) is 4.07. The number of hydrogen-bond donors (Lipinski definition) is 1. The van der Waals surface area contributed by atoms with E-state index in [4.69, 9.17) is 5.26 Å². The molecule has 0 radical (unpaired) electrons. The molecule has 2 heterocycles. The summed E-state index contributed by atoms with van der Waals surface area (Å²) < 4.78 is 0. The Morgan fingerprint density at radius 2 is 2.39 bits per heavy atom. The normalized spacial score (nSPS) is 17.3. The summed E-state index contributed by atoms with van der Waals surface area (Å²) in [7, 11) is 0. The van der Waals surface area contributed by atoms with E-state index < -0.39 is 4.92 Å². The number of nitrogens with one attached hydrogen (secondary N) is 1. The molecule has 7 nitrogen and oxygen atoms in total. The number of likely N-dealkylation sites (tertiary alicyclic amines) is 1. The minimum atomic E-state index is -0.432. The lowest BCUT2D eigenvalue weighted by atomic mass is 10.1. The molecule has 0 aliphatic carbocycles. The molecule has 0 bridgehead atoms. The number of nitrogens with zero attached hydrogens (tertiary/aromatic N) is 4. The van der Waals surface area contributed by atoms with Crippen LogP contribution in [-0.2, 0) is 0 Å². The van der Waals surface area contributed by atoms with Gasteiger partial charge < -0.3 is 5.32 Å². The molecule has 0 spiro atoms. The molecule has 2 rings (SSSR count). The van der Waals surface area contributed by atoms with Crippen LogP contribution in [0.15, 0.2) is 6.20 Å². The summed E-state index contributed by atoms with van der Waals surface area (Å²) in [6, 6.07) is 2.42. The number of rotatable bonds is 4. The lowest BCUT2D eigenvalue weighted by molar-refractivity contribution is -0.380. The third-order valence-corrected chi connectivity index (χ3v) is 3.76. The van der Waals surface area contributed by atoms with Crippen molar-refractivity contribution < 1.29 is 4.92 Å². The highest BCUT2D eigenvalue weighted by Crippen LogP contribution is 2.26. The zero-order chi connectivity index (χ0) is 13.0. The summed E-state index contributed by atoms with van der Waals surface area (Å²) in [4.78, 5) is 16.2. The van der Waals surface area contributed by atoms with Crippen LogP contribution in [0.2, 0.25) is 0 Å². The van der Waals surface area contributed by atoms with Crippen molar-refractivity contribution in [1.82, 2.24) is 9.88 Å². The van der Waals surface area contributed by atoms with Crippen molar-refractivity contribution >= 4 is 21.5 Å². The molecule has 1 aliphatic rings. The zero-order valence-electron chi connectivity index (χ0n) is 9.70. The molecule has 1 fully saturated rings. The Bertz CT molecular complexity index is 461. The lowest BCUT2D eigenvalue weighted by Crippen LogP contribution is -2.39. The number of nitriles is 1. The molecule has 1 saturated heterocycles. The molecule has 18 heavy (non-hydrogen) atoms. The maximum absolute atomic E-state index is 10.5. The van der Waals surface area contributed by atoms with Crippen LogP contribution in [0.1, 0.15) is 12.8 Å². The summed E-state index contributed by atoms with van der Waals surface area (Å²) in [5.41, 5.74) is 0. The van der Waals surface area contributed by atoms with Crippen molar-refractivity contribution in [3.8, 4) is 6.07 Å². The molecule has 1 aromatic heterocycles. The molecular formula is C10H13N5O2S. The van der Waals surface area contributed by atoms with Crippen LogP contribution in [0.3, 0.4) is 0 Å². The van der Waals surface area contributed by atoms with E-state index in [2.05, 4.69) is 21.3 Å². The predicted molar refractivity (Wildman–Crippen MR) is 67.5 cm³/mol. The minimum absolute atomic E-state index is 0.0550. The van der Waals surface area contributed by atoms with E-state index in [0.29, 0.717) is 11.7 Å². The molecular weight excluding hydrogens is 254 g/mol. The van der Waals surface area contributed by atoms with E-state index in [1.54, 1.807) is 0 Å². The second kappa shape index (κ2) is 5.75. The fourth-order valence-corrected chi connectivity index (χ4v) is 2.64. The number of nitro groups is 1. The fraction of sp³-hybridized carbons (Fsp3) is 0.600. The SMILES string of the molecule is N#CCN1CCC(Nc2ncc([N+](=O)[O-])s2)CC1. The maximum Gasteiger partial charge on any atom is 0.345 e. The molecule has 0 saturated carbocycles. The van der Waals surface area contributed by atoms with E-state index in [1.807, 2.05) is 0 Å². The van der Waals surface area contributed by atoms with Crippen molar-refractivity contribution in [2.45, 2.75) is 18.9 Å². The highest BCUT2D eigenvalue weighted by atomic mass is 32.1. The molecule has 0 aromatic carbocycles. The second-order valence-corrected chi connectivity index (χ2v) is 5.12. The van der Waals surface area contributed by atoms with Crippen molar-refractivity contribution in [1.29, 1.82) is 5.26 Å². The van der Waals surface area contributed by atoms with E-state index in [1.165, 1.54) is 6.20 Å². The third-order valence-electron chi connectivity index (χ3n) is 2.88. The summed E-state index contributed by atoms with van der Waals surface area (Å²) in [6.45, 7) is 2.22. The van der Waals surface area contributed by atoms with Gasteiger partial charge in [0.05, 0.1) is 17.5 Å². The zero-order valence-corrected chi connectivity index (χ0v) is 10.5. The highest BCUT2D eigenvalue weighted by molar-refractivity contribution is 7.18. The number of hydrogen-bond acceptors (Lipinski definition) is 7. The van der Waals surface area contributed by atoms with Gasteiger partial charge in [0.2, 0.25) is 0 Å². The van der Waals surface area contributed by atoms with Gasteiger partial charge in [-0.1, -0.05) is 0 Å². The number of aromatic nitrogens is 1. The minimum Gasteiger partial charge on any atom is -0.359 e. The van der Waals surface area contributed by atoms with Crippen molar-refractivity contribution in [3.05, 3.63) is 16.3 Å². The fourth-order valence-electron chi connectivity index (χ4n) is 1.93. The van der Waals surface area contributed by atoms with Crippen LogP contribution in [-0.4, -0.2) is 40.5 Å². The quantitative estimate of drug-likeness (QED) is 0.504. The largest absolute Gasteiger partial charge is 0.359 e. The van der Waals surface area contributed by atoms with Crippen molar-refractivity contribution in [3.63, 3.8) is 0 Å². The molecule has 0 atom stereocenters. The van der Waals surface area contributed by atoms with Crippen LogP contribution in [0.25, 0.3) is 0 Å². The molecule has 96 valence electrons. The topological polar surface area (TPSA) is 95.1 Å². The predicted octanol–water partition coefficient (Wildman–Crippen LogP) is 1.45. The standard InChI is InChI=1S/C10H13N5O2S/c11-3-6-14-4-1-8(2-5-14)13-10-12-7-9(18-10)15(16)17/h7-8H,1-2,4-6H2,(H,12,13). The van der Waals surface area contributed by atoms with E-state index >= 15 is 0 Å². The third kappa shape index (κ3) is 3.15. The first-order chi connectivity index (χ1) is 8.69. The van der Waals surface area contributed by atoms with Gasteiger partial charge in [-0.3, -0.25) is 15.0 Å². The van der Waals surface area contributed by atoms with Gasteiger partial charge in [-0.15, -0.1) is 0 Å². The van der Waals surface area contributed by atoms with Gasteiger partial charge in [-0.2, -0.15) is 5.26 Å². The van der Waals surface area contributed by atoms with Crippen LogP contribution < -0.4 is 5.32 Å². The average molecular weight is 267 g/mol. The van der Waals surface area contributed by atoms with Gasteiger partial charge in [-0.25, -0.2) is 4.98 Å². The van der Waals surface area contributed by atoms with Crippen molar-refractivity contribution in [2.75, 3.05) is 25.0 Å².